The Bertz CT molecular complexity index is 387. The molecule has 0 N–H and O–H groups in total. The molecule has 0 aromatic heterocycles. The van der Waals surface area contributed by atoms with Gasteiger partial charge in [0.2, 0.25) is 0 Å². The van der Waals surface area contributed by atoms with Gasteiger partial charge < -0.3 is 14.2 Å². The minimum atomic E-state index is -0.247. The molecule has 0 radical (unpaired) electrons. The Kier molecular flexibility index (Phi) is 9.50. The molecule has 0 spiro atoms. The molecule has 0 unspecified atom stereocenters. The van der Waals surface area contributed by atoms with Gasteiger partial charge in [0.15, 0.2) is 6.29 Å². The summed E-state index contributed by atoms with van der Waals surface area (Å²) in [5.74, 6) is 1.29. The molecular weight excluding hydrogens is 320 g/mol. The van der Waals surface area contributed by atoms with Crippen LogP contribution >= 0.6 is 35.7 Å². The van der Waals surface area contributed by atoms with E-state index in [1.54, 1.807) is 19.2 Å². The Morgan fingerprint density at radius 3 is 2.50 bits per heavy atom. The summed E-state index contributed by atoms with van der Waals surface area (Å²) in [7, 11) is 1.60. The SMILES string of the molecule is CCOC(CSOSc1ccc(Cl)cc1OC)OCC. The molecule has 0 amide bonds. The van der Waals surface area contributed by atoms with Crippen molar-refractivity contribution in [3.63, 3.8) is 0 Å². The maximum Gasteiger partial charge on any atom is 0.168 e. The van der Waals surface area contributed by atoms with E-state index in [0.717, 1.165) is 4.90 Å². The predicted molar refractivity (Wildman–Crippen MR) is 84.4 cm³/mol. The van der Waals surface area contributed by atoms with Crippen molar-refractivity contribution < 1.29 is 17.8 Å². The first-order valence-corrected chi connectivity index (χ1v) is 8.27. The number of hydrogen-bond donors (Lipinski definition) is 0. The van der Waals surface area contributed by atoms with E-state index >= 15 is 0 Å². The standard InChI is InChI=1S/C13H19ClO4S2/c1-4-16-13(17-5-2)9-19-18-20-12-7-6-10(14)8-11(12)15-3/h6-8,13H,4-5,9H2,1-3H3. The Labute approximate surface area is 133 Å². The number of halogens is 1. The highest BCUT2D eigenvalue weighted by molar-refractivity contribution is 8.07. The summed E-state index contributed by atoms with van der Waals surface area (Å²) in [4.78, 5) is 0.869. The first kappa shape index (κ1) is 17.9. The van der Waals surface area contributed by atoms with Crippen LogP contribution in [-0.4, -0.2) is 32.4 Å². The summed E-state index contributed by atoms with van der Waals surface area (Å²) >= 11 is 8.41. The van der Waals surface area contributed by atoms with Crippen LogP contribution in [0.25, 0.3) is 0 Å². The summed E-state index contributed by atoms with van der Waals surface area (Å²) in [6, 6.07) is 5.40. The molecule has 7 heteroatoms. The van der Waals surface area contributed by atoms with Crippen LogP contribution in [0.1, 0.15) is 13.8 Å². The predicted octanol–water partition coefficient (Wildman–Crippen LogP) is 4.42. The molecule has 0 saturated carbocycles. The van der Waals surface area contributed by atoms with Gasteiger partial charge in [0.25, 0.3) is 0 Å². The summed E-state index contributed by atoms with van der Waals surface area (Å²) in [5, 5.41) is 0.631. The molecule has 0 bridgehead atoms. The van der Waals surface area contributed by atoms with Gasteiger partial charge in [0.05, 0.1) is 17.8 Å². The molecular formula is C13H19ClO4S2. The third-order valence-corrected chi connectivity index (χ3v) is 4.02. The van der Waals surface area contributed by atoms with Crippen molar-refractivity contribution in [2.45, 2.75) is 25.0 Å². The van der Waals surface area contributed by atoms with Gasteiger partial charge in [-0.2, -0.15) is 0 Å². The third kappa shape index (κ3) is 6.56. The molecule has 1 rings (SSSR count). The quantitative estimate of drug-likeness (QED) is 0.357. The first-order chi connectivity index (χ1) is 9.71. The topological polar surface area (TPSA) is 36.9 Å². The molecule has 0 saturated heterocycles. The summed E-state index contributed by atoms with van der Waals surface area (Å²) in [5.41, 5.74) is 0. The largest absolute Gasteiger partial charge is 0.495 e. The van der Waals surface area contributed by atoms with Crippen LogP contribution in [0.15, 0.2) is 23.1 Å². The van der Waals surface area contributed by atoms with Crippen molar-refractivity contribution in [2.24, 2.45) is 0 Å². The zero-order valence-corrected chi connectivity index (χ0v) is 14.1. The van der Waals surface area contributed by atoms with E-state index in [2.05, 4.69) is 0 Å². The molecule has 0 atom stereocenters. The van der Waals surface area contributed by atoms with Gasteiger partial charge >= 0.3 is 0 Å². The molecule has 0 aliphatic rings. The second-order valence-electron chi connectivity index (χ2n) is 3.57. The lowest BCUT2D eigenvalue weighted by Gasteiger charge is -2.15. The monoisotopic (exact) mass is 338 g/mol. The fraction of sp³-hybridized carbons (Fsp3) is 0.538. The highest BCUT2D eigenvalue weighted by Gasteiger charge is 2.10. The lowest BCUT2D eigenvalue weighted by molar-refractivity contribution is -0.120. The highest BCUT2D eigenvalue weighted by Crippen LogP contribution is 2.34. The smallest absolute Gasteiger partial charge is 0.168 e. The Morgan fingerprint density at radius 2 is 1.90 bits per heavy atom. The lowest BCUT2D eigenvalue weighted by atomic mass is 10.3. The van der Waals surface area contributed by atoms with Crippen LogP contribution in [-0.2, 0) is 13.1 Å². The average Bonchev–Trinajstić information content (AvgIpc) is 2.45. The van der Waals surface area contributed by atoms with Crippen LogP contribution < -0.4 is 4.74 Å². The van der Waals surface area contributed by atoms with E-state index in [1.165, 1.54) is 24.1 Å². The number of hydrogen-bond acceptors (Lipinski definition) is 6. The van der Waals surface area contributed by atoms with Crippen molar-refractivity contribution >= 4 is 35.7 Å². The van der Waals surface area contributed by atoms with Crippen molar-refractivity contribution in [1.29, 1.82) is 0 Å². The van der Waals surface area contributed by atoms with E-state index in [1.807, 2.05) is 19.9 Å². The summed E-state index contributed by atoms with van der Waals surface area (Å²) in [6.45, 7) is 5.10. The zero-order valence-electron chi connectivity index (χ0n) is 11.8. The van der Waals surface area contributed by atoms with Crippen molar-refractivity contribution in [1.82, 2.24) is 0 Å². The van der Waals surface area contributed by atoms with Gasteiger partial charge in [-0.25, -0.2) is 3.63 Å². The molecule has 20 heavy (non-hydrogen) atoms. The van der Waals surface area contributed by atoms with Crippen molar-refractivity contribution in [3.05, 3.63) is 23.2 Å². The van der Waals surface area contributed by atoms with E-state index < -0.39 is 0 Å². The van der Waals surface area contributed by atoms with Crippen LogP contribution in [0.5, 0.6) is 5.75 Å². The van der Waals surface area contributed by atoms with E-state index in [9.17, 15) is 0 Å². The van der Waals surface area contributed by atoms with Gasteiger partial charge in [-0.05, 0) is 32.0 Å². The maximum atomic E-state index is 5.90. The van der Waals surface area contributed by atoms with E-state index in [4.69, 9.17) is 29.4 Å². The second-order valence-corrected chi connectivity index (χ2v) is 5.73. The summed E-state index contributed by atoms with van der Waals surface area (Å²) in [6.07, 6.45) is -0.247. The van der Waals surface area contributed by atoms with Gasteiger partial charge in [-0.15, -0.1) is 0 Å². The molecule has 1 aromatic carbocycles. The molecule has 4 nitrogen and oxygen atoms in total. The maximum absolute atomic E-state index is 5.90. The van der Waals surface area contributed by atoms with Crippen LogP contribution in [0.2, 0.25) is 5.02 Å². The Balaban J connectivity index is 2.36. The fourth-order valence-electron chi connectivity index (χ4n) is 1.37. The molecule has 114 valence electrons. The third-order valence-electron chi connectivity index (χ3n) is 2.21. The van der Waals surface area contributed by atoms with Gasteiger partial charge in [0.1, 0.15) is 5.75 Å². The number of methoxy groups -OCH3 is 1. The molecule has 0 heterocycles. The van der Waals surface area contributed by atoms with E-state index in [0.29, 0.717) is 29.7 Å². The van der Waals surface area contributed by atoms with Crippen LogP contribution in [0.4, 0.5) is 0 Å². The first-order valence-electron chi connectivity index (χ1n) is 6.24. The molecule has 1 aromatic rings. The number of benzene rings is 1. The zero-order chi connectivity index (χ0) is 14.8. The summed E-state index contributed by atoms with van der Waals surface area (Å²) < 4.78 is 21.6. The molecule has 0 fully saturated rings. The van der Waals surface area contributed by atoms with Gasteiger partial charge in [-0.1, -0.05) is 11.6 Å². The van der Waals surface area contributed by atoms with Crippen molar-refractivity contribution in [2.75, 3.05) is 26.1 Å². The van der Waals surface area contributed by atoms with Crippen LogP contribution in [0, 0.1) is 0 Å². The normalized spacial score (nSPS) is 11.1. The number of rotatable bonds is 10. The highest BCUT2D eigenvalue weighted by atomic mass is 35.5. The fourth-order valence-corrected chi connectivity index (χ4v) is 2.89. The molecule has 0 aliphatic heterocycles. The number of ether oxygens (including phenoxy) is 3. The molecule has 0 aliphatic carbocycles. The second kappa shape index (κ2) is 10.6. The minimum Gasteiger partial charge on any atom is -0.495 e. The average molecular weight is 339 g/mol. The van der Waals surface area contributed by atoms with E-state index in [-0.39, 0.29) is 6.29 Å². The van der Waals surface area contributed by atoms with Crippen LogP contribution in [0.3, 0.4) is 0 Å². The van der Waals surface area contributed by atoms with Gasteiger partial charge in [-0.3, -0.25) is 0 Å². The van der Waals surface area contributed by atoms with Crippen molar-refractivity contribution in [3.8, 4) is 5.75 Å². The Hall–Kier alpha value is -0.110. The minimum absolute atomic E-state index is 0.247. The lowest BCUT2D eigenvalue weighted by Crippen LogP contribution is -2.19. The Morgan fingerprint density at radius 1 is 1.20 bits per heavy atom. The van der Waals surface area contributed by atoms with Gasteiger partial charge in [0, 0.05) is 42.3 Å².